The molecule has 1 heterocycles. The summed E-state index contributed by atoms with van der Waals surface area (Å²) in [5.41, 5.74) is 0.0166. The zero-order chi connectivity index (χ0) is 13.0. The molecule has 0 N–H and O–H groups in total. The van der Waals surface area contributed by atoms with E-state index >= 15 is 0 Å². The van der Waals surface area contributed by atoms with Gasteiger partial charge >= 0.3 is 0 Å². The number of Topliss-reactive ketones (excluding diaryl/α,β-unsaturated/α-hetero) is 1. The Bertz CT molecular complexity index is 276. The quantitative estimate of drug-likeness (QED) is 0.773. The molecule has 0 amide bonds. The SMILES string of the molecule is CCOC(C)C(=O)C1CCOC2(CCCCC2)C1. The highest BCUT2D eigenvalue weighted by atomic mass is 16.5. The summed E-state index contributed by atoms with van der Waals surface area (Å²) in [4.78, 5) is 12.3. The van der Waals surface area contributed by atoms with Crippen molar-refractivity contribution in [3.63, 3.8) is 0 Å². The second-order valence-electron chi connectivity index (χ2n) is 5.78. The van der Waals surface area contributed by atoms with Crippen molar-refractivity contribution in [1.29, 1.82) is 0 Å². The molecule has 0 aromatic heterocycles. The third-order valence-corrected chi connectivity index (χ3v) is 4.48. The van der Waals surface area contributed by atoms with Crippen LogP contribution in [0.3, 0.4) is 0 Å². The summed E-state index contributed by atoms with van der Waals surface area (Å²) in [5, 5.41) is 0. The highest BCUT2D eigenvalue weighted by Gasteiger charge is 2.41. The Kier molecular flexibility index (Phi) is 4.79. The van der Waals surface area contributed by atoms with Gasteiger partial charge in [0.25, 0.3) is 0 Å². The van der Waals surface area contributed by atoms with Crippen LogP contribution in [0, 0.1) is 5.92 Å². The zero-order valence-corrected chi connectivity index (χ0v) is 11.7. The molecule has 0 aromatic carbocycles. The molecule has 1 saturated carbocycles. The molecule has 0 radical (unpaired) electrons. The van der Waals surface area contributed by atoms with Gasteiger partial charge in [0.1, 0.15) is 6.10 Å². The van der Waals surface area contributed by atoms with E-state index in [4.69, 9.17) is 9.47 Å². The Morgan fingerprint density at radius 1 is 1.39 bits per heavy atom. The van der Waals surface area contributed by atoms with Crippen LogP contribution >= 0.6 is 0 Å². The van der Waals surface area contributed by atoms with Crippen LogP contribution in [-0.2, 0) is 14.3 Å². The van der Waals surface area contributed by atoms with E-state index in [1.54, 1.807) is 0 Å². The summed E-state index contributed by atoms with van der Waals surface area (Å²) in [6, 6.07) is 0. The molecule has 1 aliphatic carbocycles. The van der Waals surface area contributed by atoms with Crippen LogP contribution in [0.25, 0.3) is 0 Å². The lowest BCUT2D eigenvalue weighted by Gasteiger charge is -2.43. The molecule has 0 aromatic rings. The highest BCUT2D eigenvalue weighted by molar-refractivity contribution is 5.85. The Morgan fingerprint density at radius 2 is 2.11 bits per heavy atom. The number of rotatable bonds is 4. The molecule has 3 nitrogen and oxygen atoms in total. The van der Waals surface area contributed by atoms with E-state index in [1.165, 1.54) is 19.3 Å². The first-order chi connectivity index (χ1) is 8.67. The van der Waals surface area contributed by atoms with Gasteiger partial charge in [0.15, 0.2) is 5.78 Å². The topological polar surface area (TPSA) is 35.5 Å². The molecular formula is C15H26O3. The van der Waals surface area contributed by atoms with Gasteiger partial charge < -0.3 is 9.47 Å². The molecule has 0 bridgehead atoms. The molecule has 104 valence electrons. The zero-order valence-electron chi connectivity index (χ0n) is 11.7. The fourth-order valence-electron chi connectivity index (χ4n) is 3.48. The van der Waals surface area contributed by atoms with Crippen molar-refractivity contribution in [2.45, 2.75) is 70.5 Å². The second-order valence-corrected chi connectivity index (χ2v) is 5.78. The minimum absolute atomic E-state index is 0.0166. The van der Waals surface area contributed by atoms with Gasteiger partial charge in [-0.25, -0.2) is 0 Å². The van der Waals surface area contributed by atoms with Crippen molar-refractivity contribution in [3.8, 4) is 0 Å². The maximum absolute atomic E-state index is 12.3. The van der Waals surface area contributed by atoms with Gasteiger partial charge in [-0.15, -0.1) is 0 Å². The molecule has 1 saturated heterocycles. The van der Waals surface area contributed by atoms with Crippen molar-refractivity contribution in [1.82, 2.24) is 0 Å². The Hall–Kier alpha value is -0.410. The van der Waals surface area contributed by atoms with Crippen molar-refractivity contribution in [2.75, 3.05) is 13.2 Å². The Balaban J connectivity index is 1.95. The van der Waals surface area contributed by atoms with E-state index < -0.39 is 0 Å². The van der Waals surface area contributed by atoms with Gasteiger partial charge in [-0.2, -0.15) is 0 Å². The van der Waals surface area contributed by atoms with E-state index in [1.807, 2.05) is 13.8 Å². The molecule has 2 unspecified atom stereocenters. The molecule has 2 rings (SSSR count). The maximum Gasteiger partial charge on any atom is 0.164 e. The fourth-order valence-corrected chi connectivity index (χ4v) is 3.48. The van der Waals surface area contributed by atoms with E-state index in [2.05, 4.69) is 0 Å². The van der Waals surface area contributed by atoms with Crippen LogP contribution in [0.1, 0.15) is 58.8 Å². The molecule has 2 atom stereocenters. The first-order valence-electron chi connectivity index (χ1n) is 7.46. The third kappa shape index (κ3) is 3.12. The smallest absolute Gasteiger partial charge is 0.164 e. The number of carbonyl (C=O) groups is 1. The number of ether oxygens (including phenoxy) is 2. The lowest BCUT2D eigenvalue weighted by Crippen LogP contribution is -2.45. The van der Waals surface area contributed by atoms with Crippen LogP contribution in [0.2, 0.25) is 0 Å². The molecule has 1 aliphatic heterocycles. The summed E-state index contributed by atoms with van der Waals surface area (Å²) >= 11 is 0. The van der Waals surface area contributed by atoms with Crippen molar-refractivity contribution in [2.24, 2.45) is 5.92 Å². The normalized spacial score (nSPS) is 29.1. The molecular weight excluding hydrogens is 228 g/mol. The summed E-state index contributed by atoms with van der Waals surface area (Å²) in [6.45, 7) is 5.18. The van der Waals surface area contributed by atoms with Gasteiger partial charge in [0.2, 0.25) is 0 Å². The minimum Gasteiger partial charge on any atom is -0.375 e. The number of hydrogen-bond acceptors (Lipinski definition) is 3. The fraction of sp³-hybridized carbons (Fsp3) is 0.933. The van der Waals surface area contributed by atoms with E-state index in [0.29, 0.717) is 6.61 Å². The van der Waals surface area contributed by atoms with E-state index in [0.717, 1.165) is 32.3 Å². The number of carbonyl (C=O) groups excluding carboxylic acids is 1. The predicted octanol–water partition coefficient (Wildman–Crippen LogP) is 3.11. The number of hydrogen-bond donors (Lipinski definition) is 0. The average Bonchev–Trinajstić information content (AvgIpc) is 2.39. The standard InChI is InChI=1S/C15H26O3/c1-3-17-12(2)14(16)13-7-10-18-15(11-13)8-5-4-6-9-15/h12-13H,3-11H2,1-2H3. The molecule has 2 fully saturated rings. The second kappa shape index (κ2) is 6.16. The van der Waals surface area contributed by atoms with Gasteiger partial charge in [-0.3, -0.25) is 4.79 Å². The Labute approximate surface area is 110 Å². The van der Waals surface area contributed by atoms with Gasteiger partial charge in [0, 0.05) is 19.1 Å². The molecule has 18 heavy (non-hydrogen) atoms. The first-order valence-corrected chi connectivity index (χ1v) is 7.46. The van der Waals surface area contributed by atoms with Crippen molar-refractivity contribution >= 4 is 5.78 Å². The van der Waals surface area contributed by atoms with Crippen LogP contribution < -0.4 is 0 Å². The largest absolute Gasteiger partial charge is 0.375 e. The summed E-state index contributed by atoms with van der Waals surface area (Å²) in [6.07, 6.45) is 7.64. The predicted molar refractivity (Wildman–Crippen MR) is 70.6 cm³/mol. The average molecular weight is 254 g/mol. The minimum atomic E-state index is -0.251. The van der Waals surface area contributed by atoms with Gasteiger partial charge in [-0.1, -0.05) is 19.3 Å². The lowest BCUT2D eigenvalue weighted by molar-refractivity contribution is -0.150. The maximum atomic E-state index is 12.3. The molecule has 2 aliphatic rings. The van der Waals surface area contributed by atoms with Crippen LogP contribution in [0.4, 0.5) is 0 Å². The Morgan fingerprint density at radius 3 is 2.78 bits per heavy atom. The monoisotopic (exact) mass is 254 g/mol. The molecule has 1 spiro atoms. The number of ketones is 1. The van der Waals surface area contributed by atoms with Gasteiger partial charge in [0.05, 0.1) is 5.60 Å². The highest BCUT2D eigenvalue weighted by Crippen LogP contribution is 2.41. The summed E-state index contributed by atoms with van der Waals surface area (Å²) in [7, 11) is 0. The van der Waals surface area contributed by atoms with E-state index in [9.17, 15) is 4.79 Å². The third-order valence-electron chi connectivity index (χ3n) is 4.48. The summed E-state index contributed by atoms with van der Waals surface area (Å²) < 4.78 is 11.5. The van der Waals surface area contributed by atoms with E-state index in [-0.39, 0.29) is 23.4 Å². The lowest BCUT2D eigenvalue weighted by atomic mass is 9.74. The first kappa shape index (κ1) is 14.0. The van der Waals surface area contributed by atoms with Gasteiger partial charge in [-0.05, 0) is 39.5 Å². The van der Waals surface area contributed by atoms with Crippen molar-refractivity contribution in [3.05, 3.63) is 0 Å². The van der Waals surface area contributed by atoms with Crippen LogP contribution in [0.15, 0.2) is 0 Å². The van der Waals surface area contributed by atoms with Crippen LogP contribution in [0.5, 0.6) is 0 Å². The van der Waals surface area contributed by atoms with Crippen molar-refractivity contribution < 1.29 is 14.3 Å². The summed E-state index contributed by atoms with van der Waals surface area (Å²) in [5.74, 6) is 0.434. The molecule has 3 heteroatoms. The van der Waals surface area contributed by atoms with Crippen LogP contribution in [-0.4, -0.2) is 30.7 Å².